The molecule has 2 aromatic rings. The molecule has 0 spiro atoms. The van der Waals surface area contributed by atoms with Crippen LogP contribution in [0.1, 0.15) is 17.4 Å². The molecule has 0 saturated heterocycles. The van der Waals surface area contributed by atoms with E-state index in [2.05, 4.69) is 15.3 Å². The van der Waals surface area contributed by atoms with Crippen LogP contribution in [-0.2, 0) is 6.42 Å². The molecule has 1 aromatic heterocycles. The third kappa shape index (κ3) is 3.24. The largest absolute Gasteiger partial charge is 0.493 e. The van der Waals surface area contributed by atoms with E-state index in [1.165, 1.54) is 0 Å². The first-order chi connectivity index (χ1) is 9.78. The number of methoxy groups -OCH3 is 2. The molecule has 0 aliphatic rings. The van der Waals surface area contributed by atoms with E-state index in [4.69, 9.17) is 9.47 Å². The summed E-state index contributed by atoms with van der Waals surface area (Å²) in [5.74, 6) is 2.24. The summed E-state index contributed by atoms with van der Waals surface area (Å²) >= 11 is 0. The molecule has 0 bridgehead atoms. The van der Waals surface area contributed by atoms with E-state index in [-0.39, 0.29) is 6.04 Å². The maximum absolute atomic E-state index is 5.32. The number of benzene rings is 1. The Balaban J connectivity index is 2.20. The average Bonchev–Trinajstić information content (AvgIpc) is 2.53. The Kier molecular flexibility index (Phi) is 4.90. The number of ether oxygens (including phenoxy) is 2. The van der Waals surface area contributed by atoms with Crippen LogP contribution in [0.3, 0.4) is 0 Å². The van der Waals surface area contributed by atoms with E-state index >= 15 is 0 Å². The summed E-state index contributed by atoms with van der Waals surface area (Å²) in [5.41, 5.74) is 1.13. The van der Waals surface area contributed by atoms with Gasteiger partial charge in [-0.3, -0.25) is 0 Å². The molecule has 2 rings (SSSR count). The van der Waals surface area contributed by atoms with Gasteiger partial charge in [-0.15, -0.1) is 0 Å². The molecule has 1 heterocycles. The van der Waals surface area contributed by atoms with E-state index in [9.17, 15) is 0 Å². The number of hydrogen-bond acceptors (Lipinski definition) is 5. The van der Waals surface area contributed by atoms with Crippen LogP contribution in [0.5, 0.6) is 11.5 Å². The summed E-state index contributed by atoms with van der Waals surface area (Å²) in [4.78, 5) is 8.59. The molecule has 1 N–H and O–H groups in total. The van der Waals surface area contributed by atoms with Crippen molar-refractivity contribution < 1.29 is 9.47 Å². The van der Waals surface area contributed by atoms with Crippen LogP contribution < -0.4 is 14.8 Å². The van der Waals surface area contributed by atoms with Crippen molar-refractivity contribution >= 4 is 0 Å². The predicted molar refractivity (Wildman–Crippen MR) is 77.1 cm³/mol. The lowest BCUT2D eigenvalue weighted by atomic mass is 10.0. The third-order valence-electron chi connectivity index (χ3n) is 3.13. The number of nitrogens with one attached hydrogen (secondary N) is 1. The highest BCUT2D eigenvalue weighted by molar-refractivity contribution is 5.43. The van der Waals surface area contributed by atoms with Crippen LogP contribution >= 0.6 is 0 Å². The molecule has 1 atom stereocenters. The van der Waals surface area contributed by atoms with Crippen molar-refractivity contribution in [1.82, 2.24) is 15.3 Å². The molecule has 5 nitrogen and oxygen atoms in total. The molecule has 0 aliphatic heterocycles. The van der Waals surface area contributed by atoms with Gasteiger partial charge in [0.15, 0.2) is 11.5 Å². The van der Waals surface area contributed by atoms with Gasteiger partial charge in [0.05, 0.1) is 20.3 Å². The maximum Gasteiger partial charge on any atom is 0.160 e. The van der Waals surface area contributed by atoms with Crippen LogP contribution in [0.15, 0.2) is 36.7 Å². The second-order valence-electron chi connectivity index (χ2n) is 4.34. The highest BCUT2D eigenvalue weighted by Crippen LogP contribution is 2.29. The van der Waals surface area contributed by atoms with Crippen molar-refractivity contribution in [2.24, 2.45) is 0 Å². The van der Waals surface area contributed by atoms with E-state index in [0.29, 0.717) is 0 Å². The van der Waals surface area contributed by atoms with Crippen molar-refractivity contribution in [3.63, 3.8) is 0 Å². The first kappa shape index (κ1) is 14.3. The van der Waals surface area contributed by atoms with Crippen molar-refractivity contribution in [1.29, 1.82) is 0 Å². The Morgan fingerprint density at radius 3 is 2.40 bits per heavy atom. The van der Waals surface area contributed by atoms with E-state index in [1.807, 2.05) is 31.3 Å². The van der Waals surface area contributed by atoms with Gasteiger partial charge >= 0.3 is 0 Å². The van der Waals surface area contributed by atoms with Gasteiger partial charge < -0.3 is 14.8 Å². The second-order valence-corrected chi connectivity index (χ2v) is 4.34. The van der Waals surface area contributed by atoms with Crippen LogP contribution in [0, 0.1) is 0 Å². The summed E-state index contributed by atoms with van der Waals surface area (Å²) in [6.07, 6.45) is 4.28. The first-order valence-corrected chi connectivity index (χ1v) is 6.43. The zero-order valence-corrected chi connectivity index (χ0v) is 12.0. The van der Waals surface area contributed by atoms with Crippen molar-refractivity contribution in [3.05, 3.63) is 48.0 Å². The average molecular weight is 273 g/mol. The van der Waals surface area contributed by atoms with Gasteiger partial charge in [0, 0.05) is 12.4 Å². The molecule has 5 heteroatoms. The fraction of sp³-hybridized carbons (Fsp3) is 0.333. The summed E-state index contributed by atoms with van der Waals surface area (Å²) < 4.78 is 10.6. The minimum Gasteiger partial charge on any atom is -0.493 e. The monoisotopic (exact) mass is 273 g/mol. The summed E-state index contributed by atoms with van der Waals surface area (Å²) in [7, 11) is 5.17. The fourth-order valence-electron chi connectivity index (χ4n) is 2.06. The van der Waals surface area contributed by atoms with Crippen molar-refractivity contribution in [2.75, 3.05) is 21.3 Å². The minimum absolute atomic E-state index is 0.0642. The molecular weight excluding hydrogens is 254 g/mol. The molecule has 0 fully saturated rings. The topological polar surface area (TPSA) is 56.3 Å². The lowest BCUT2D eigenvalue weighted by Crippen LogP contribution is -2.21. The number of likely N-dealkylation sites (N-methyl/N-ethyl adjacent to an activating group) is 1. The van der Waals surface area contributed by atoms with E-state index in [0.717, 1.165) is 29.3 Å². The fourth-order valence-corrected chi connectivity index (χ4v) is 2.06. The van der Waals surface area contributed by atoms with Gasteiger partial charge in [0.1, 0.15) is 5.82 Å². The third-order valence-corrected chi connectivity index (χ3v) is 3.13. The van der Waals surface area contributed by atoms with Gasteiger partial charge in [-0.25, -0.2) is 9.97 Å². The highest BCUT2D eigenvalue weighted by Gasteiger charge is 2.14. The quantitative estimate of drug-likeness (QED) is 0.872. The number of hydrogen-bond donors (Lipinski definition) is 1. The van der Waals surface area contributed by atoms with Crippen LogP contribution in [0.2, 0.25) is 0 Å². The molecule has 0 amide bonds. The second kappa shape index (κ2) is 6.86. The molecule has 1 unspecified atom stereocenters. The maximum atomic E-state index is 5.32. The molecule has 0 saturated carbocycles. The number of rotatable bonds is 6. The Hall–Kier alpha value is -2.14. The van der Waals surface area contributed by atoms with Crippen LogP contribution in [-0.4, -0.2) is 31.2 Å². The van der Waals surface area contributed by atoms with E-state index < -0.39 is 0 Å². The Labute approximate surface area is 119 Å². The Bertz CT molecular complexity index is 546. The van der Waals surface area contributed by atoms with Crippen molar-refractivity contribution in [3.8, 4) is 11.5 Å². The van der Waals surface area contributed by atoms with E-state index in [1.54, 1.807) is 26.6 Å². The molecule has 0 radical (unpaired) electrons. The summed E-state index contributed by atoms with van der Waals surface area (Å²) in [5, 5.41) is 3.24. The molecule has 20 heavy (non-hydrogen) atoms. The normalized spacial score (nSPS) is 11.9. The van der Waals surface area contributed by atoms with Crippen LogP contribution in [0.25, 0.3) is 0 Å². The number of nitrogens with zero attached hydrogens (tertiary/aromatic N) is 2. The zero-order chi connectivity index (χ0) is 14.4. The smallest absolute Gasteiger partial charge is 0.160 e. The van der Waals surface area contributed by atoms with Crippen LogP contribution in [0.4, 0.5) is 0 Å². The molecule has 0 aliphatic carbocycles. The number of aromatic nitrogens is 2. The van der Waals surface area contributed by atoms with Gasteiger partial charge in [0.2, 0.25) is 0 Å². The molecular formula is C15H19N3O2. The molecule has 106 valence electrons. The predicted octanol–water partition coefficient (Wildman–Crippen LogP) is 2.00. The van der Waals surface area contributed by atoms with Gasteiger partial charge in [-0.05, 0) is 37.2 Å². The minimum atomic E-state index is 0.0642. The van der Waals surface area contributed by atoms with Gasteiger partial charge in [-0.1, -0.05) is 6.07 Å². The Morgan fingerprint density at radius 2 is 1.80 bits per heavy atom. The summed E-state index contributed by atoms with van der Waals surface area (Å²) in [6, 6.07) is 7.79. The Morgan fingerprint density at radius 1 is 1.10 bits per heavy atom. The highest BCUT2D eigenvalue weighted by atomic mass is 16.5. The lowest BCUT2D eigenvalue weighted by Gasteiger charge is -2.16. The summed E-state index contributed by atoms with van der Waals surface area (Å²) in [6.45, 7) is 0. The standard InChI is InChI=1S/C15H19N3O2/c1-16-12(15-17-7-4-8-18-15)9-11-5-6-13(19-2)14(10-11)20-3/h4-8,10,12,16H,9H2,1-3H3. The zero-order valence-electron chi connectivity index (χ0n) is 12.0. The van der Waals surface area contributed by atoms with Gasteiger partial charge in [-0.2, -0.15) is 0 Å². The first-order valence-electron chi connectivity index (χ1n) is 6.43. The molecule has 1 aromatic carbocycles. The lowest BCUT2D eigenvalue weighted by molar-refractivity contribution is 0.354. The van der Waals surface area contributed by atoms with Gasteiger partial charge in [0.25, 0.3) is 0 Å². The van der Waals surface area contributed by atoms with Crippen molar-refractivity contribution in [2.45, 2.75) is 12.5 Å². The SMILES string of the molecule is CNC(Cc1ccc(OC)c(OC)c1)c1ncccn1.